The summed E-state index contributed by atoms with van der Waals surface area (Å²) in [5.74, 6) is -1.31. The highest BCUT2D eigenvalue weighted by atomic mass is 79.9. The Bertz CT molecular complexity index is 420. The molecule has 3 N–H and O–H groups in total. The number of aliphatic carboxylic acids is 1. The van der Waals surface area contributed by atoms with E-state index < -0.39 is 23.8 Å². The number of hydrogen-bond donors (Lipinski definition) is 2. The summed E-state index contributed by atoms with van der Waals surface area (Å²) in [7, 11) is 0. The minimum absolute atomic E-state index is 0.0252. The van der Waals surface area contributed by atoms with Crippen LogP contribution < -0.4 is 5.73 Å². The fourth-order valence-electron chi connectivity index (χ4n) is 1.09. The molecule has 0 aliphatic carbocycles. The Morgan fingerprint density at radius 1 is 1.44 bits per heavy atom. The third kappa shape index (κ3) is 2.73. The van der Waals surface area contributed by atoms with Crippen LogP contribution in [-0.2, 0) is 11.0 Å². The van der Waals surface area contributed by atoms with Crippen molar-refractivity contribution in [3.8, 4) is 0 Å². The minimum Gasteiger partial charge on any atom is -0.480 e. The molecule has 3 nitrogen and oxygen atoms in total. The molecule has 0 heterocycles. The number of rotatable bonds is 2. The first-order valence-electron chi connectivity index (χ1n) is 4.08. The lowest BCUT2D eigenvalue weighted by Crippen LogP contribution is -2.21. The van der Waals surface area contributed by atoms with E-state index in [1.54, 1.807) is 0 Å². The van der Waals surface area contributed by atoms with Crippen molar-refractivity contribution in [2.45, 2.75) is 12.2 Å². The number of nitrogens with two attached hydrogens (primary N) is 1. The molecular weight excluding hydrogens is 291 g/mol. The Morgan fingerprint density at radius 3 is 2.38 bits per heavy atom. The van der Waals surface area contributed by atoms with Gasteiger partial charge in [0.1, 0.15) is 6.04 Å². The van der Waals surface area contributed by atoms with Crippen molar-refractivity contribution in [1.82, 2.24) is 0 Å². The molecular formula is C9H7BrF3NO2. The van der Waals surface area contributed by atoms with Crippen LogP contribution >= 0.6 is 15.9 Å². The average molecular weight is 298 g/mol. The number of carboxylic acid groups (broad SMARTS) is 1. The Kier molecular flexibility index (Phi) is 3.59. The van der Waals surface area contributed by atoms with Crippen molar-refractivity contribution in [2.24, 2.45) is 5.73 Å². The van der Waals surface area contributed by atoms with Crippen molar-refractivity contribution < 1.29 is 23.1 Å². The summed E-state index contributed by atoms with van der Waals surface area (Å²) in [6.45, 7) is 0. The number of hydrogen-bond acceptors (Lipinski definition) is 2. The van der Waals surface area contributed by atoms with Crippen LogP contribution in [0.15, 0.2) is 22.7 Å². The van der Waals surface area contributed by atoms with Gasteiger partial charge in [-0.05, 0) is 17.7 Å². The molecule has 0 spiro atoms. The number of carboxylic acids is 1. The van der Waals surface area contributed by atoms with Crippen LogP contribution in [0.2, 0.25) is 0 Å². The van der Waals surface area contributed by atoms with Crippen molar-refractivity contribution >= 4 is 21.9 Å². The molecule has 0 aliphatic rings. The molecule has 88 valence electrons. The summed E-state index contributed by atoms with van der Waals surface area (Å²) < 4.78 is 36.9. The monoisotopic (exact) mass is 297 g/mol. The van der Waals surface area contributed by atoms with Crippen LogP contribution in [0.25, 0.3) is 0 Å². The van der Waals surface area contributed by atoms with Gasteiger partial charge >= 0.3 is 12.1 Å². The van der Waals surface area contributed by atoms with Gasteiger partial charge in [-0.15, -0.1) is 0 Å². The topological polar surface area (TPSA) is 63.3 Å². The summed E-state index contributed by atoms with van der Waals surface area (Å²) >= 11 is 2.87. The number of halogens is 4. The first kappa shape index (κ1) is 13.0. The van der Waals surface area contributed by atoms with Gasteiger partial charge in [0.05, 0.1) is 5.56 Å². The smallest absolute Gasteiger partial charge is 0.416 e. The van der Waals surface area contributed by atoms with Crippen molar-refractivity contribution in [3.05, 3.63) is 33.8 Å². The molecule has 0 radical (unpaired) electrons. The van der Waals surface area contributed by atoms with Gasteiger partial charge in [-0.3, -0.25) is 4.79 Å². The lowest BCUT2D eigenvalue weighted by Gasteiger charge is -2.12. The Hall–Kier alpha value is -1.08. The van der Waals surface area contributed by atoms with Crippen molar-refractivity contribution in [2.75, 3.05) is 0 Å². The largest absolute Gasteiger partial charge is 0.480 e. The summed E-state index contributed by atoms with van der Waals surface area (Å²) in [6, 6.07) is 1.30. The van der Waals surface area contributed by atoms with E-state index in [0.717, 1.165) is 18.2 Å². The highest BCUT2D eigenvalue weighted by molar-refractivity contribution is 9.10. The number of carbonyl (C=O) groups is 1. The SMILES string of the molecule is N[C@H](C(=O)O)c1ccc(C(F)(F)F)cc1Br. The van der Waals surface area contributed by atoms with Crippen LogP contribution in [0.4, 0.5) is 13.2 Å². The first-order valence-corrected chi connectivity index (χ1v) is 4.88. The lowest BCUT2D eigenvalue weighted by atomic mass is 10.1. The van der Waals surface area contributed by atoms with E-state index in [0.29, 0.717) is 0 Å². The molecule has 1 aromatic carbocycles. The first-order chi connectivity index (χ1) is 7.23. The zero-order valence-corrected chi connectivity index (χ0v) is 9.34. The van der Waals surface area contributed by atoms with Crippen molar-refractivity contribution in [3.63, 3.8) is 0 Å². The van der Waals surface area contributed by atoms with E-state index in [4.69, 9.17) is 10.8 Å². The van der Waals surface area contributed by atoms with E-state index in [9.17, 15) is 18.0 Å². The van der Waals surface area contributed by atoms with E-state index in [1.165, 1.54) is 0 Å². The summed E-state index contributed by atoms with van der Waals surface area (Å²) in [5, 5.41) is 8.62. The van der Waals surface area contributed by atoms with Crippen LogP contribution in [0.1, 0.15) is 17.2 Å². The standard InChI is InChI=1S/C9H7BrF3NO2/c10-6-3-4(9(11,12)13)1-2-5(6)7(14)8(15)16/h1-3,7H,14H2,(H,15,16)/t7-/m0/s1. The molecule has 0 saturated heterocycles. The van der Waals surface area contributed by atoms with Crippen LogP contribution in [0.3, 0.4) is 0 Å². The molecule has 1 atom stereocenters. The van der Waals surface area contributed by atoms with Crippen LogP contribution in [-0.4, -0.2) is 11.1 Å². The number of alkyl halides is 3. The van der Waals surface area contributed by atoms with E-state index in [-0.39, 0.29) is 10.0 Å². The van der Waals surface area contributed by atoms with Gasteiger partial charge in [-0.1, -0.05) is 22.0 Å². The predicted molar refractivity (Wildman–Crippen MR) is 53.7 cm³/mol. The highest BCUT2D eigenvalue weighted by Gasteiger charge is 2.31. The van der Waals surface area contributed by atoms with E-state index >= 15 is 0 Å². The summed E-state index contributed by atoms with van der Waals surface area (Å²) in [4.78, 5) is 10.6. The van der Waals surface area contributed by atoms with Gasteiger partial charge in [-0.25, -0.2) is 0 Å². The molecule has 0 saturated carbocycles. The van der Waals surface area contributed by atoms with Gasteiger partial charge in [0.2, 0.25) is 0 Å². The zero-order valence-electron chi connectivity index (χ0n) is 7.75. The van der Waals surface area contributed by atoms with Crippen LogP contribution in [0, 0.1) is 0 Å². The van der Waals surface area contributed by atoms with Gasteiger partial charge in [0, 0.05) is 4.47 Å². The maximum atomic E-state index is 12.3. The second-order valence-corrected chi connectivity index (χ2v) is 3.90. The number of benzene rings is 1. The summed E-state index contributed by atoms with van der Waals surface area (Å²) in [5.41, 5.74) is 4.52. The van der Waals surface area contributed by atoms with Gasteiger partial charge in [0.15, 0.2) is 0 Å². The summed E-state index contributed by atoms with van der Waals surface area (Å²) in [6.07, 6.45) is -4.46. The molecule has 0 amide bonds. The van der Waals surface area contributed by atoms with Gasteiger partial charge in [-0.2, -0.15) is 13.2 Å². The van der Waals surface area contributed by atoms with Crippen LogP contribution in [0.5, 0.6) is 0 Å². The maximum Gasteiger partial charge on any atom is 0.416 e. The van der Waals surface area contributed by atoms with Gasteiger partial charge < -0.3 is 10.8 Å². The quantitative estimate of drug-likeness (QED) is 0.882. The molecule has 0 unspecified atom stereocenters. The minimum atomic E-state index is -4.46. The molecule has 1 rings (SSSR count). The third-order valence-corrected chi connectivity index (χ3v) is 2.62. The highest BCUT2D eigenvalue weighted by Crippen LogP contribution is 2.33. The fraction of sp³-hybridized carbons (Fsp3) is 0.222. The molecule has 1 aromatic rings. The maximum absolute atomic E-state index is 12.3. The van der Waals surface area contributed by atoms with Crippen molar-refractivity contribution in [1.29, 1.82) is 0 Å². The molecule has 16 heavy (non-hydrogen) atoms. The molecule has 0 bridgehead atoms. The normalized spacial score (nSPS) is 13.6. The van der Waals surface area contributed by atoms with E-state index in [2.05, 4.69) is 15.9 Å². The Morgan fingerprint density at radius 2 is 2.00 bits per heavy atom. The Balaban J connectivity index is 3.15. The average Bonchev–Trinajstić information content (AvgIpc) is 2.15. The Labute approximate surface area is 97.2 Å². The van der Waals surface area contributed by atoms with Gasteiger partial charge in [0.25, 0.3) is 0 Å². The molecule has 7 heteroatoms. The molecule has 0 aromatic heterocycles. The fourth-order valence-corrected chi connectivity index (χ4v) is 1.71. The predicted octanol–water partition coefficient (Wildman–Crippen LogP) is 2.55. The lowest BCUT2D eigenvalue weighted by molar-refractivity contribution is -0.138. The molecule has 0 fully saturated rings. The second kappa shape index (κ2) is 4.42. The molecule has 0 aliphatic heterocycles. The van der Waals surface area contributed by atoms with E-state index in [1.807, 2.05) is 0 Å². The third-order valence-electron chi connectivity index (χ3n) is 1.93. The zero-order chi connectivity index (χ0) is 12.5. The second-order valence-electron chi connectivity index (χ2n) is 3.05.